The second-order valence-electron chi connectivity index (χ2n) is 6.03. The van der Waals surface area contributed by atoms with Crippen molar-refractivity contribution in [2.24, 2.45) is 0 Å². The van der Waals surface area contributed by atoms with Gasteiger partial charge in [0.25, 0.3) is 5.91 Å². The first kappa shape index (κ1) is 20.5. The minimum absolute atomic E-state index is 0.0755. The highest BCUT2D eigenvalue weighted by molar-refractivity contribution is 5.93. The molecule has 2 rings (SSSR count). The Kier molecular flexibility index (Phi) is 7.40. The summed E-state index contributed by atoms with van der Waals surface area (Å²) in [7, 11) is 3.24. The zero-order valence-corrected chi connectivity index (χ0v) is 16.7. The van der Waals surface area contributed by atoms with Gasteiger partial charge in [0.2, 0.25) is 0 Å². The molecule has 0 saturated carbocycles. The van der Waals surface area contributed by atoms with Crippen LogP contribution in [0.2, 0.25) is 0 Å². The number of hydrogen-bond acceptors (Lipinski definition) is 6. The molecule has 7 heteroatoms. The lowest BCUT2D eigenvalue weighted by Crippen LogP contribution is -2.31. The van der Waals surface area contributed by atoms with Crippen molar-refractivity contribution in [3.8, 4) is 11.5 Å². The van der Waals surface area contributed by atoms with E-state index in [0.29, 0.717) is 48.5 Å². The molecule has 1 N–H and O–H groups in total. The Balaban J connectivity index is 2.05. The molecule has 0 unspecified atom stereocenters. The number of nitrogens with one attached hydrogen (secondary N) is 1. The van der Waals surface area contributed by atoms with Crippen molar-refractivity contribution < 1.29 is 14.3 Å². The van der Waals surface area contributed by atoms with Gasteiger partial charge in [-0.1, -0.05) is 6.07 Å². The maximum atomic E-state index is 12.5. The van der Waals surface area contributed by atoms with Crippen molar-refractivity contribution in [3.05, 3.63) is 41.3 Å². The van der Waals surface area contributed by atoms with Gasteiger partial charge in [-0.25, -0.2) is 9.97 Å². The van der Waals surface area contributed by atoms with Gasteiger partial charge in [-0.15, -0.1) is 0 Å². The Morgan fingerprint density at radius 2 is 1.78 bits per heavy atom. The van der Waals surface area contributed by atoms with Crippen LogP contribution in [0.1, 0.15) is 35.7 Å². The van der Waals surface area contributed by atoms with Crippen LogP contribution in [0.4, 0.5) is 5.82 Å². The normalized spacial score (nSPS) is 10.4. The summed E-state index contributed by atoms with van der Waals surface area (Å²) in [4.78, 5) is 22.9. The lowest BCUT2D eigenvalue weighted by atomic mass is 10.1. The summed E-state index contributed by atoms with van der Waals surface area (Å²) in [5.41, 5.74) is 1.53. The molecule has 146 valence electrons. The number of carbonyl (C=O) groups excluding carboxylic acids is 1. The quantitative estimate of drug-likeness (QED) is 0.729. The van der Waals surface area contributed by atoms with Crippen LogP contribution in [-0.2, 0) is 6.42 Å². The number of benzene rings is 1. The fourth-order valence-corrected chi connectivity index (χ4v) is 2.81. The van der Waals surface area contributed by atoms with E-state index in [9.17, 15) is 4.79 Å². The first-order chi connectivity index (χ1) is 13.0. The molecule has 0 aliphatic carbocycles. The lowest BCUT2D eigenvalue weighted by molar-refractivity contribution is 0.0766. The zero-order valence-electron chi connectivity index (χ0n) is 16.7. The number of amides is 1. The molecule has 0 aliphatic rings. The molecule has 0 aliphatic heterocycles. The first-order valence-electron chi connectivity index (χ1n) is 9.12. The highest BCUT2D eigenvalue weighted by atomic mass is 16.5. The Bertz CT molecular complexity index is 776. The monoisotopic (exact) mass is 372 g/mol. The molecule has 1 aromatic carbocycles. The molecular weight excluding hydrogens is 344 g/mol. The van der Waals surface area contributed by atoms with E-state index in [4.69, 9.17) is 9.47 Å². The van der Waals surface area contributed by atoms with E-state index in [2.05, 4.69) is 15.3 Å². The molecule has 0 spiro atoms. The van der Waals surface area contributed by atoms with Gasteiger partial charge in [-0.2, -0.15) is 0 Å². The summed E-state index contributed by atoms with van der Waals surface area (Å²) in [6.45, 7) is 7.68. The van der Waals surface area contributed by atoms with Crippen LogP contribution in [-0.4, -0.2) is 54.6 Å². The minimum atomic E-state index is -0.0755. The number of aromatic nitrogens is 2. The van der Waals surface area contributed by atoms with Gasteiger partial charge in [0, 0.05) is 25.7 Å². The molecule has 27 heavy (non-hydrogen) atoms. The maximum Gasteiger partial charge on any atom is 0.272 e. The van der Waals surface area contributed by atoms with Crippen LogP contribution in [0.3, 0.4) is 0 Å². The van der Waals surface area contributed by atoms with Gasteiger partial charge in [0.05, 0.1) is 14.2 Å². The molecular formula is C20H28N4O3. The number of methoxy groups -OCH3 is 2. The van der Waals surface area contributed by atoms with Crippen LogP contribution in [0, 0.1) is 6.92 Å². The highest BCUT2D eigenvalue weighted by Crippen LogP contribution is 2.27. The van der Waals surface area contributed by atoms with Gasteiger partial charge in [0.1, 0.15) is 17.3 Å². The number of rotatable bonds is 9. The van der Waals surface area contributed by atoms with Gasteiger partial charge in [-0.3, -0.25) is 4.79 Å². The standard InChI is InChI=1S/C20H28N4O3/c1-6-24(7-2)20(25)16-13-19(23-14(3)22-16)21-11-10-15-8-9-17(26-4)18(12-15)27-5/h8-9,12-13H,6-7,10-11H2,1-5H3,(H,21,22,23). The molecule has 0 atom stereocenters. The number of anilines is 1. The third kappa shape index (κ3) is 5.32. The van der Waals surface area contributed by atoms with Gasteiger partial charge >= 0.3 is 0 Å². The molecule has 1 heterocycles. The first-order valence-corrected chi connectivity index (χ1v) is 9.12. The van der Waals surface area contributed by atoms with E-state index in [1.807, 2.05) is 32.0 Å². The number of nitrogens with zero attached hydrogens (tertiary/aromatic N) is 3. The van der Waals surface area contributed by atoms with E-state index in [0.717, 1.165) is 12.0 Å². The molecule has 1 amide bonds. The van der Waals surface area contributed by atoms with Gasteiger partial charge in [-0.05, 0) is 44.9 Å². The Morgan fingerprint density at radius 1 is 1.07 bits per heavy atom. The summed E-state index contributed by atoms with van der Waals surface area (Å²) in [6, 6.07) is 7.57. The third-order valence-corrected chi connectivity index (χ3v) is 4.28. The molecule has 2 aromatic rings. The van der Waals surface area contributed by atoms with Crippen molar-refractivity contribution in [1.29, 1.82) is 0 Å². The van der Waals surface area contributed by atoms with E-state index < -0.39 is 0 Å². The highest BCUT2D eigenvalue weighted by Gasteiger charge is 2.15. The fourth-order valence-electron chi connectivity index (χ4n) is 2.81. The second kappa shape index (κ2) is 9.75. The second-order valence-corrected chi connectivity index (χ2v) is 6.03. The number of aryl methyl sites for hydroxylation is 1. The van der Waals surface area contributed by atoms with Crippen molar-refractivity contribution in [2.45, 2.75) is 27.2 Å². The van der Waals surface area contributed by atoms with Crippen molar-refractivity contribution in [1.82, 2.24) is 14.9 Å². The number of carbonyl (C=O) groups is 1. The molecule has 0 saturated heterocycles. The van der Waals surface area contributed by atoms with Crippen molar-refractivity contribution in [3.63, 3.8) is 0 Å². The van der Waals surface area contributed by atoms with E-state index in [1.165, 1.54) is 0 Å². The van der Waals surface area contributed by atoms with Crippen molar-refractivity contribution in [2.75, 3.05) is 39.2 Å². The topological polar surface area (TPSA) is 76.6 Å². The van der Waals surface area contributed by atoms with Gasteiger partial charge < -0.3 is 19.7 Å². The SMILES string of the molecule is CCN(CC)C(=O)c1cc(NCCc2ccc(OC)c(OC)c2)nc(C)n1. The Hall–Kier alpha value is -2.83. The predicted molar refractivity (Wildman–Crippen MR) is 106 cm³/mol. The van der Waals surface area contributed by atoms with Crippen LogP contribution >= 0.6 is 0 Å². The van der Waals surface area contributed by atoms with Crippen LogP contribution in [0.15, 0.2) is 24.3 Å². The smallest absolute Gasteiger partial charge is 0.272 e. The van der Waals surface area contributed by atoms with Crippen LogP contribution < -0.4 is 14.8 Å². The van der Waals surface area contributed by atoms with E-state index in [-0.39, 0.29) is 5.91 Å². The summed E-state index contributed by atoms with van der Waals surface area (Å²) in [5.74, 6) is 2.56. The number of ether oxygens (including phenoxy) is 2. The molecule has 0 bridgehead atoms. The molecule has 0 radical (unpaired) electrons. The molecule has 7 nitrogen and oxygen atoms in total. The lowest BCUT2D eigenvalue weighted by Gasteiger charge is -2.18. The van der Waals surface area contributed by atoms with Crippen LogP contribution in [0.5, 0.6) is 11.5 Å². The fraction of sp³-hybridized carbons (Fsp3) is 0.450. The minimum Gasteiger partial charge on any atom is -0.493 e. The largest absolute Gasteiger partial charge is 0.493 e. The maximum absolute atomic E-state index is 12.5. The average molecular weight is 372 g/mol. The van der Waals surface area contributed by atoms with Crippen LogP contribution in [0.25, 0.3) is 0 Å². The van der Waals surface area contributed by atoms with Crippen molar-refractivity contribution >= 4 is 11.7 Å². The Labute approximate surface area is 160 Å². The predicted octanol–water partition coefficient (Wildman–Crippen LogP) is 2.94. The summed E-state index contributed by atoms with van der Waals surface area (Å²) in [5, 5.41) is 3.28. The summed E-state index contributed by atoms with van der Waals surface area (Å²) >= 11 is 0. The van der Waals surface area contributed by atoms with E-state index in [1.54, 1.807) is 32.1 Å². The Morgan fingerprint density at radius 3 is 2.41 bits per heavy atom. The molecule has 1 aromatic heterocycles. The summed E-state index contributed by atoms with van der Waals surface area (Å²) < 4.78 is 10.6. The zero-order chi connectivity index (χ0) is 19.8. The average Bonchev–Trinajstić information content (AvgIpc) is 2.68. The summed E-state index contributed by atoms with van der Waals surface area (Å²) in [6.07, 6.45) is 0.780. The third-order valence-electron chi connectivity index (χ3n) is 4.28. The van der Waals surface area contributed by atoms with E-state index >= 15 is 0 Å². The van der Waals surface area contributed by atoms with Gasteiger partial charge in [0.15, 0.2) is 11.5 Å². The molecule has 0 fully saturated rings. The number of hydrogen-bond donors (Lipinski definition) is 1.